The van der Waals surface area contributed by atoms with Crippen LogP contribution in [0.1, 0.15) is 199 Å². The average molecular weight is 883 g/mol. The van der Waals surface area contributed by atoms with Gasteiger partial charge in [-0.1, -0.05) is 180 Å². The second-order valence-electron chi connectivity index (χ2n) is 19.3. The monoisotopic (exact) mass is 880 g/mol. The molecule has 0 fully saturated rings. The Morgan fingerprint density at radius 3 is 0.893 bits per heavy atom. The Bertz CT molecular complexity index is 1910. The molecule has 56 heavy (non-hydrogen) atoms. The Morgan fingerprint density at radius 2 is 0.643 bits per heavy atom. The van der Waals surface area contributed by atoms with E-state index in [1.54, 1.807) is 22.3 Å². The molecule has 4 aromatic rings. The third-order valence-electron chi connectivity index (χ3n) is 12.8. The predicted octanol–water partition coefficient (Wildman–Crippen LogP) is 10.3. The Balaban J connectivity index is 0.00000280. The Labute approximate surface area is 374 Å². The summed E-state index contributed by atoms with van der Waals surface area (Å²) in [6.45, 7) is 38.5. The van der Waals surface area contributed by atoms with Crippen LogP contribution in [0.5, 0.6) is 0 Å². The van der Waals surface area contributed by atoms with Crippen molar-refractivity contribution in [2.45, 2.75) is 157 Å². The molecule has 2 unspecified atom stereocenters. The normalized spacial score (nSPS) is 16.2. The second kappa shape index (κ2) is 18.5. The van der Waals surface area contributed by atoms with Crippen LogP contribution in [0.15, 0.2) is 71.8 Å². The van der Waals surface area contributed by atoms with Crippen LogP contribution >= 0.6 is 0 Å². The van der Waals surface area contributed by atoms with E-state index in [1.807, 2.05) is 0 Å². The molecule has 0 bridgehead atoms. The largest absolute Gasteiger partial charge is 2.00 e. The van der Waals surface area contributed by atoms with Gasteiger partial charge in [0.25, 0.3) is 0 Å². The topological polar surface area (TPSA) is 0 Å². The van der Waals surface area contributed by atoms with Crippen LogP contribution in [0.25, 0.3) is 34.4 Å². The summed E-state index contributed by atoms with van der Waals surface area (Å²) in [6.07, 6.45) is 5.17. The quantitative estimate of drug-likeness (QED) is 0.139. The molecule has 2 aliphatic rings. The molecular weight excluding hydrogens is 815 g/mol. The first kappa shape index (κ1) is 48.4. The van der Waals surface area contributed by atoms with Gasteiger partial charge >= 0.3 is 26.2 Å². The number of fused-ring (bicyclic) bond motifs is 2. The molecule has 2 atom stereocenters. The summed E-state index contributed by atoms with van der Waals surface area (Å²) in [6, 6.07) is 25.1. The van der Waals surface area contributed by atoms with Crippen molar-refractivity contribution >= 4 is 20.2 Å². The number of rotatable bonds is 10. The van der Waals surface area contributed by atoms with E-state index in [0.717, 1.165) is 0 Å². The molecule has 0 amide bonds. The predicted molar refractivity (Wildman–Crippen MR) is 239 cm³/mol. The van der Waals surface area contributed by atoms with E-state index in [2.05, 4.69) is 183 Å². The molecule has 0 heterocycles. The molecule has 0 radical (unpaired) electrons. The number of allylic oxidation sites excluding steroid dienone is 2. The Hall–Kier alpha value is -1.96. The van der Waals surface area contributed by atoms with Crippen LogP contribution in [0.4, 0.5) is 0 Å². The van der Waals surface area contributed by atoms with Gasteiger partial charge in [0.15, 0.2) is 0 Å². The van der Waals surface area contributed by atoms with Crippen LogP contribution < -0.4 is 24.8 Å². The van der Waals surface area contributed by atoms with Crippen molar-refractivity contribution in [3.8, 4) is 22.3 Å². The van der Waals surface area contributed by atoms with Gasteiger partial charge in [-0.25, -0.2) is 0 Å². The maximum absolute atomic E-state index is 2.71. The third-order valence-corrected chi connectivity index (χ3v) is 17.3. The van der Waals surface area contributed by atoms with E-state index in [1.165, 1.54) is 66.8 Å². The van der Waals surface area contributed by atoms with Gasteiger partial charge in [-0.3, -0.25) is 0 Å². The zero-order chi connectivity index (χ0) is 38.8. The first-order valence-electron chi connectivity index (χ1n) is 20.8. The van der Waals surface area contributed by atoms with Crippen molar-refractivity contribution in [1.29, 1.82) is 0 Å². The summed E-state index contributed by atoms with van der Waals surface area (Å²) in [5.74, 6) is 2.90. The van der Waals surface area contributed by atoms with Crippen molar-refractivity contribution in [3.63, 3.8) is 0 Å². The number of hydrogen-bond donors (Lipinski definition) is 0. The molecule has 0 aromatic heterocycles. The van der Waals surface area contributed by atoms with Gasteiger partial charge in [-0.05, 0) is 127 Å². The Morgan fingerprint density at radius 1 is 0.393 bits per heavy atom. The van der Waals surface area contributed by atoms with Crippen molar-refractivity contribution in [2.24, 2.45) is 0 Å². The van der Waals surface area contributed by atoms with Crippen LogP contribution in [-0.2, 0) is 26.2 Å². The van der Waals surface area contributed by atoms with E-state index >= 15 is 0 Å². The molecule has 0 nitrogen and oxygen atoms in total. The number of hydrogen-bond acceptors (Lipinski definition) is 0. The summed E-state index contributed by atoms with van der Waals surface area (Å²) in [5.41, 5.74) is 24.4. The average Bonchev–Trinajstić information content (AvgIpc) is 3.62. The maximum Gasteiger partial charge on any atom is 2.00 e. The molecule has 0 spiro atoms. The summed E-state index contributed by atoms with van der Waals surface area (Å²) >= 11 is 0. The van der Waals surface area contributed by atoms with E-state index in [4.69, 9.17) is 0 Å². The van der Waals surface area contributed by atoms with Crippen LogP contribution in [0.3, 0.4) is 0 Å². The zero-order valence-corrected chi connectivity index (χ0v) is 42.3. The van der Waals surface area contributed by atoms with E-state index in [-0.39, 0.29) is 51.0 Å². The van der Waals surface area contributed by atoms with E-state index in [9.17, 15) is 0 Å². The fraction of sp³-hybridized carbons (Fsp3) is 0.462. The third kappa shape index (κ3) is 9.10. The maximum atomic E-state index is 2.71. The van der Waals surface area contributed by atoms with Crippen LogP contribution in [-0.4, -0.2) is 8.07 Å². The molecular formula is C52H68Cl2SiZr. The van der Waals surface area contributed by atoms with Crippen molar-refractivity contribution in [2.75, 3.05) is 0 Å². The summed E-state index contributed by atoms with van der Waals surface area (Å²) in [7, 11) is -2.08. The van der Waals surface area contributed by atoms with Crippen LogP contribution in [0, 0.1) is 0 Å². The molecule has 298 valence electrons. The van der Waals surface area contributed by atoms with Gasteiger partial charge in [0.2, 0.25) is 0 Å². The van der Waals surface area contributed by atoms with Crippen molar-refractivity contribution in [3.05, 3.63) is 127 Å². The summed E-state index contributed by atoms with van der Waals surface area (Å²) < 4.78 is 0. The molecule has 0 N–H and O–H groups in total. The SMILES string of the molecule is CC1=Cc2c(-c3cc(C(C)C)cc(C(C)C)c3)cc(C(C)C)cc2C1[Si](C)(C)C1C(C)=Cc2c(-c3cc(C(C)C)cc(C(C)C)c3)cc(C(C)C)cc21.[Cl-].[Cl-].[Zr+2]. The Kier molecular flexibility index (Phi) is 16.0. The van der Waals surface area contributed by atoms with Gasteiger partial charge in [0.05, 0.1) is 8.07 Å². The van der Waals surface area contributed by atoms with Gasteiger partial charge in [-0.15, -0.1) is 0 Å². The number of benzene rings is 4. The molecule has 4 heteroatoms. The minimum absolute atomic E-state index is 0. The summed E-state index contributed by atoms with van der Waals surface area (Å²) in [4.78, 5) is 0. The minimum atomic E-state index is -2.08. The zero-order valence-electron chi connectivity index (χ0n) is 37.3. The van der Waals surface area contributed by atoms with Gasteiger partial charge < -0.3 is 24.8 Å². The second-order valence-corrected chi connectivity index (χ2v) is 24.1. The fourth-order valence-corrected chi connectivity index (χ4v) is 14.5. The van der Waals surface area contributed by atoms with Gasteiger partial charge in [0.1, 0.15) is 0 Å². The standard InChI is InChI=1S/C52H68Si.2ClH.Zr/c1-29(2)37-19-38(30(3)4)22-43(21-37)45-25-41(33(9)10)27-49-47(45)17-35(13)51(49)53(15,16)52-36(14)18-48-46(26-42(34(11)12)28-50(48)52)44-23-39(31(5)6)20-40(24-44)32(7)8;;;/h17-34,51-52H,1-16H3;2*1H;/q;;;+2/p-2. The molecule has 0 aliphatic heterocycles. The van der Waals surface area contributed by atoms with E-state index < -0.39 is 8.07 Å². The van der Waals surface area contributed by atoms with Crippen molar-refractivity contribution < 1.29 is 51.0 Å². The van der Waals surface area contributed by atoms with Gasteiger partial charge in [0, 0.05) is 11.1 Å². The molecule has 4 aromatic carbocycles. The van der Waals surface area contributed by atoms with Gasteiger partial charge in [-0.2, -0.15) is 0 Å². The van der Waals surface area contributed by atoms with Crippen LogP contribution in [0.2, 0.25) is 13.1 Å². The molecule has 0 saturated carbocycles. The molecule has 2 aliphatic carbocycles. The van der Waals surface area contributed by atoms with E-state index in [0.29, 0.717) is 46.6 Å². The smallest absolute Gasteiger partial charge is 1.00 e. The van der Waals surface area contributed by atoms with Crippen molar-refractivity contribution in [1.82, 2.24) is 0 Å². The number of halogens is 2. The minimum Gasteiger partial charge on any atom is -1.00 e. The first-order valence-corrected chi connectivity index (χ1v) is 24.0. The molecule has 0 saturated heterocycles. The fourth-order valence-electron chi connectivity index (χ4n) is 9.59. The summed E-state index contributed by atoms with van der Waals surface area (Å²) in [5, 5.41) is 0. The molecule has 6 rings (SSSR count). The first-order chi connectivity index (χ1) is 24.8.